The van der Waals surface area contributed by atoms with Crippen molar-refractivity contribution in [2.24, 2.45) is 0 Å². The fourth-order valence-electron chi connectivity index (χ4n) is 3.49. The van der Waals surface area contributed by atoms with Crippen molar-refractivity contribution >= 4 is 27.3 Å². The number of amides is 1. The molecule has 2 aromatic heterocycles. The predicted octanol–water partition coefficient (Wildman–Crippen LogP) is 3.25. The molecule has 0 saturated heterocycles. The highest BCUT2D eigenvalue weighted by Crippen LogP contribution is 2.30. The summed E-state index contributed by atoms with van der Waals surface area (Å²) >= 11 is 1.64. The van der Waals surface area contributed by atoms with E-state index in [-0.39, 0.29) is 11.9 Å². The van der Waals surface area contributed by atoms with E-state index >= 15 is 0 Å². The molecule has 3 heterocycles. The first-order valence-electron chi connectivity index (χ1n) is 8.54. The Balaban J connectivity index is 1.61. The average molecular weight is 354 g/mol. The van der Waals surface area contributed by atoms with E-state index in [2.05, 4.69) is 34.6 Å². The maximum Gasteiger partial charge on any atom is 0.255 e. The number of carbonyl (C=O) groups excluding carboxylic acids is 1. The van der Waals surface area contributed by atoms with E-state index in [1.807, 2.05) is 41.0 Å². The van der Waals surface area contributed by atoms with Crippen molar-refractivity contribution in [2.45, 2.75) is 19.0 Å². The molecule has 3 aromatic rings. The molecule has 6 heteroatoms. The largest absolute Gasteiger partial charge is 0.331 e. The minimum atomic E-state index is 0.125. The van der Waals surface area contributed by atoms with Crippen LogP contribution in [-0.2, 0) is 6.54 Å². The van der Waals surface area contributed by atoms with Gasteiger partial charge >= 0.3 is 0 Å². The second kappa shape index (κ2) is 6.61. The van der Waals surface area contributed by atoms with E-state index in [0.717, 1.165) is 40.9 Å². The van der Waals surface area contributed by atoms with Crippen molar-refractivity contribution < 1.29 is 4.79 Å². The van der Waals surface area contributed by atoms with Crippen LogP contribution in [0.15, 0.2) is 42.2 Å². The second-order valence-corrected chi connectivity index (χ2v) is 7.78. The normalized spacial score (nSPS) is 17.2. The van der Waals surface area contributed by atoms with E-state index in [4.69, 9.17) is 0 Å². The summed E-state index contributed by atoms with van der Waals surface area (Å²) in [6.45, 7) is 2.35. The van der Waals surface area contributed by atoms with E-state index in [0.29, 0.717) is 6.54 Å². The zero-order valence-electron chi connectivity index (χ0n) is 14.6. The first-order chi connectivity index (χ1) is 12.1. The Morgan fingerprint density at radius 3 is 3.04 bits per heavy atom. The molecule has 25 heavy (non-hydrogen) atoms. The lowest BCUT2D eigenvalue weighted by Crippen LogP contribution is -2.41. The summed E-state index contributed by atoms with van der Waals surface area (Å²) in [5.74, 6) is 0.125. The quantitative estimate of drug-likeness (QED) is 0.722. The number of nitrogens with zero attached hydrogens (tertiary/aromatic N) is 4. The molecule has 5 nitrogen and oxygen atoms in total. The van der Waals surface area contributed by atoms with Crippen molar-refractivity contribution in [1.82, 2.24) is 19.4 Å². The third-order valence-electron chi connectivity index (χ3n) is 4.83. The van der Waals surface area contributed by atoms with Crippen LogP contribution < -0.4 is 0 Å². The number of carbonyl (C=O) groups is 1. The predicted molar refractivity (Wildman–Crippen MR) is 101 cm³/mol. The van der Waals surface area contributed by atoms with Gasteiger partial charge in [-0.05, 0) is 33.1 Å². The molecule has 0 fully saturated rings. The van der Waals surface area contributed by atoms with Gasteiger partial charge in [-0.2, -0.15) is 0 Å². The van der Waals surface area contributed by atoms with Crippen LogP contribution in [0, 0.1) is 0 Å². The fourth-order valence-corrected chi connectivity index (χ4v) is 4.43. The highest BCUT2D eigenvalue weighted by Gasteiger charge is 2.29. The van der Waals surface area contributed by atoms with Gasteiger partial charge in [-0.15, -0.1) is 11.3 Å². The Labute approximate surface area is 151 Å². The molecule has 4 rings (SSSR count). The number of aromatic nitrogens is 2. The summed E-state index contributed by atoms with van der Waals surface area (Å²) in [5, 5.41) is 3.05. The first-order valence-corrected chi connectivity index (χ1v) is 9.42. The number of benzene rings is 1. The molecule has 1 aromatic carbocycles. The van der Waals surface area contributed by atoms with Gasteiger partial charge in [0.15, 0.2) is 0 Å². The van der Waals surface area contributed by atoms with Gasteiger partial charge in [0.05, 0.1) is 30.2 Å². The van der Waals surface area contributed by atoms with Crippen LogP contribution in [0.2, 0.25) is 0 Å². The molecule has 0 aliphatic carbocycles. The molecule has 1 aliphatic heterocycles. The lowest BCUT2D eigenvalue weighted by atomic mass is 10.1. The van der Waals surface area contributed by atoms with Crippen molar-refractivity contribution in [2.75, 3.05) is 27.2 Å². The molecule has 0 N–H and O–H groups in total. The average Bonchev–Trinajstić information content (AvgIpc) is 3.25. The highest BCUT2D eigenvalue weighted by atomic mass is 32.1. The molecule has 0 saturated carbocycles. The zero-order chi connectivity index (χ0) is 17.4. The number of thiophene rings is 1. The molecule has 0 radical (unpaired) electrons. The van der Waals surface area contributed by atoms with E-state index in [9.17, 15) is 4.79 Å². The summed E-state index contributed by atoms with van der Waals surface area (Å²) in [6, 6.07) is 8.40. The summed E-state index contributed by atoms with van der Waals surface area (Å²) in [4.78, 5) is 21.6. The Bertz CT molecular complexity index is 898. The van der Waals surface area contributed by atoms with Crippen LogP contribution in [0.3, 0.4) is 0 Å². The molecule has 0 spiro atoms. The maximum atomic E-state index is 13.2. The van der Waals surface area contributed by atoms with Crippen molar-refractivity contribution in [3.8, 4) is 0 Å². The highest BCUT2D eigenvalue weighted by molar-refractivity contribution is 7.17. The van der Waals surface area contributed by atoms with Crippen LogP contribution in [0.1, 0.15) is 28.5 Å². The van der Waals surface area contributed by atoms with Gasteiger partial charge in [0.1, 0.15) is 0 Å². The van der Waals surface area contributed by atoms with Gasteiger partial charge in [-0.3, -0.25) is 4.79 Å². The first kappa shape index (κ1) is 16.3. The molecule has 1 amide bonds. The lowest BCUT2D eigenvalue weighted by molar-refractivity contribution is 0.0673. The number of hydrogen-bond acceptors (Lipinski definition) is 4. The van der Waals surface area contributed by atoms with Crippen LogP contribution in [-0.4, -0.2) is 52.4 Å². The molecular formula is C19H22N4OS. The third-order valence-corrected chi connectivity index (χ3v) is 5.80. The maximum absolute atomic E-state index is 13.2. The Morgan fingerprint density at radius 1 is 1.36 bits per heavy atom. The number of imidazole rings is 1. The van der Waals surface area contributed by atoms with Gasteiger partial charge in [0.2, 0.25) is 0 Å². The van der Waals surface area contributed by atoms with Gasteiger partial charge in [0, 0.05) is 28.2 Å². The number of fused-ring (bicyclic) bond motifs is 2. The smallest absolute Gasteiger partial charge is 0.255 e. The minimum Gasteiger partial charge on any atom is -0.331 e. The van der Waals surface area contributed by atoms with Crippen LogP contribution in [0.5, 0.6) is 0 Å². The molecule has 0 bridgehead atoms. The van der Waals surface area contributed by atoms with E-state index < -0.39 is 0 Å². The Kier molecular flexibility index (Phi) is 4.31. The van der Waals surface area contributed by atoms with Crippen molar-refractivity contribution in [3.63, 3.8) is 0 Å². The van der Waals surface area contributed by atoms with E-state index in [1.54, 1.807) is 11.3 Å². The van der Waals surface area contributed by atoms with Gasteiger partial charge in [-0.25, -0.2) is 4.98 Å². The zero-order valence-corrected chi connectivity index (χ0v) is 15.4. The van der Waals surface area contributed by atoms with Crippen LogP contribution >= 0.6 is 11.3 Å². The summed E-state index contributed by atoms with van der Waals surface area (Å²) in [5.41, 5.74) is 1.93. The topological polar surface area (TPSA) is 41.4 Å². The number of hydrogen-bond donors (Lipinski definition) is 0. The standard InChI is InChI=1S/C19H22N4OS/c1-21(2)8-7-14-10-22(11-15-9-20-13-23(14)15)19(24)17-12-25-18-6-4-3-5-16(17)18/h3-6,9,12-14H,7-8,10-11H2,1-2H3/t14-/m0/s1. The second-order valence-electron chi connectivity index (χ2n) is 6.87. The summed E-state index contributed by atoms with van der Waals surface area (Å²) in [6.07, 6.45) is 4.79. The molecule has 0 unspecified atom stereocenters. The van der Waals surface area contributed by atoms with Gasteiger partial charge in [0.25, 0.3) is 5.91 Å². The lowest BCUT2D eigenvalue weighted by Gasteiger charge is -2.35. The Hall–Kier alpha value is -2.18. The molecule has 130 valence electrons. The van der Waals surface area contributed by atoms with Crippen molar-refractivity contribution in [1.29, 1.82) is 0 Å². The molecule has 1 aliphatic rings. The van der Waals surface area contributed by atoms with Crippen molar-refractivity contribution in [3.05, 3.63) is 53.4 Å². The SMILES string of the molecule is CN(C)CC[C@H]1CN(C(=O)c2csc3ccccc23)Cc2cncn21. The Morgan fingerprint density at radius 2 is 2.20 bits per heavy atom. The molecular weight excluding hydrogens is 332 g/mol. The van der Waals surface area contributed by atoms with Gasteiger partial charge < -0.3 is 14.4 Å². The van der Waals surface area contributed by atoms with E-state index in [1.165, 1.54) is 0 Å². The van der Waals surface area contributed by atoms with Crippen LogP contribution in [0.4, 0.5) is 0 Å². The number of rotatable bonds is 4. The van der Waals surface area contributed by atoms with Gasteiger partial charge in [-0.1, -0.05) is 18.2 Å². The summed E-state index contributed by atoms with van der Waals surface area (Å²) in [7, 11) is 4.16. The summed E-state index contributed by atoms with van der Waals surface area (Å²) < 4.78 is 3.40. The minimum absolute atomic E-state index is 0.125. The fraction of sp³-hybridized carbons (Fsp3) is 0.368. The third kappa shape index (κ3) is 3.07. The van der Waals surface area contributed by atoms with Crippen LogP contribution in [0.25, 0.3) is 10.1 Å². The monoisotopic (exact) mass is 354 g/mol. The molecule has 1 atom stereocenters.